The Bertz CT molecular complexity index is 1440. The molecule has 154 valence electrons. The van der Waals surface area contributed by atoms with E-state index < -0.39 is 0 Å². The van der Waals surface area contributed by atoms with Crippen LogP contribution in [-0.2, 0) is 5.75 Å². The summed E-state index contributed by atoms with van der Waals surface area (Å²) in [6, 6.07) is 13.9. The molecule has 1 N–H and O–H groups in total. The Hall–Kier alpha value is -3.37. The van der Waals surface area contributed by atoms with Gasteiger partial charge >= 0.3 is 0 Å². The van der Waals surface area contributed by atoms with Crippen molar-refractivity contribution in [3.05, 3.63) is 81.5 Å². The summed E-state index contributed by atoms with van der Waals surface area (Å²) in [6.45, 7) is 1.99. The number of aromatic amines is 1. The van der Waals surface area contributed by atoms with Gasteiger partial charge in [-0.05, 0) is 46.7 Å². The van der Waals surface area contributed by atoms with E-state index in [1.54, 1.807) is 16.8 Å². The van der Waals surface area contributed by atoms with Crippen LogP contribution in [0.4, 0.5) is 4.39 Å². The van der Waals surface area contributed by atoms with Crippen LogP contribution < -0.4 is 5.56 Å². The molecule has 0 atom stereocenters. The Labute approximate surface area is 184 Å². The fraction of sp³-hybridized carbons (Fsp3) is 0.0952. The molecule has 0 aliphatic heterocycles. The smallest absolute Gasteiger partial charge is 0.260 e. The zero-order valence-electron chi connectivity index (χ0n) is 16.2. The van der Waals surface area contributed by atoms with Crippen LogP contribution in [0.2, 0.25) is 0 Å². The monoisotopic (exact) mass is 450 g/mol. The van der Waals surface area contributed by atoms with Crippen LogP contribution >= 0.6 is 23.1 Å². The Kier molecular flexibility index (Phi) is 5.08. The highest BCUT2D eigenvalue weighted by molar-refractivity contribution is 7.98. The van der Waals surface area contributed by atoms with Gasteiger partial charge in [0, 0.05) is 10.9 Å². The number of halogens is 1. The highest BCUT2D eigenvalue weighted by Gasteiger charge is 2.15. The van der Waals surface area contributed by atoms with Gasteiger partial charge in [0.25, 0.3) is 5.56 Å². The van der Waals surface area contributed by atoms with Crippen LogP contribution in [0.15, 0.2) is 63.9 Å². The van der Waals surface area contributed by atoms with E-state index in [0.717, 1.165) is 22.4 Å². The van der Waals surface area contributed by atoms with Crippen molar-refractivity contribution in [2.24, 2.45) is 0 Å². The predicted octanol–water partition coefficient (Wildman–Crippen LogP) is 4.37. The molecule has 10 heteroatoms. The third kappa shape index (κ3) is 3.75. The third-order valence-corrected chi connectivity index (χ3v) is 6.57. The number of thioether (sulfide) groups is 1. The Morgan fingerprint density at radius 1 is 1.16 bits per heavy atom. The minimum Gasteiger partial charge on any atom is -0.309 e. The Balaban J connectivity index is 1.43. The molecular weight excluding hydrogens is 435 g/mol. The number of fused-ring (bicyclic) bond motifs is 1. The van der Waals surface area contributed by atoms with Gasteiger partial charge in [0.2, 0.25) is 5.16 Å². The number of aryl methyl sites for hydroxylation is 1. The first-order valence-electron chi connectivity index (χ1n) is 9.33. The van der Waals surface area contributed by atoms with E-state index >= 15 is 0 Å². The number of hydrogen-bond donors (Lipinski definition) is 1. The number of H-pyrrole nitrogens is 1. The minimum absolute atomic E-state index is 0.223. The zero-order chi connectivity index (χ0) is 21.4. The summed E-state index contributed by atoms with van der Waals surface area (Å²) in [6.07, 6.45) is 0. The molecule has 0 radical (unpaired) electrons. The molecule has 2 aromatic carbocycles. The first-order chi connectivity index (χ1) is 15.1. The molecule has 0 amide bonds. The van der Waals surface area contributed by atoms with Gasteiger partial charge in [0.1, 0.15) is 16.5 Å². The molecule has 0 unspecified atom stereocenters. The average Bonchev–Trinajstić information content (AvgIpc) is 3.40. The van der Waals surface area contributed by atoms with Gasteiger partial charge in [-0.3, -0.25) is 4.79 Å². The van der Waals surface area contributed by atoms with Crippen molar-refractivity contribution >= 4 is 33.3 Å². The normalized spacial score (nSPS) is 11.3. The maximum Gasteiger partial charge on any atom is 0.260 e. The van der Waals surface area contributed by atoms with Crippen LogP contribution in [0.5, 0.6) is 0 Å². The van der Waals surface area contributed by atoms with Crippen molar-refractivity contribution in [1.82, 2.24) is 30.2 Å². The largest absolute Gasteiger partial charge is 0.309 e. The second kappa shape index (κ2) is 8.05. The van der Waals surface area contributed by atoms with Gasteiger partial charge in [-0.2, -0.15) is 4.68 Å². The van der Waals surface area contributed by atoms with Crippen LogP contribution in [0.25, 0.3) is 27.0 Å². The third-order valence-electron chi connectivity index (χ3n) is 4.77. The standard InChI is InChI=1S/C21H15FN6OS2/c1-12-4-2-3-5-16(12)28-21(25-26-27-28)31-11-17-23-19(29)18-15(10-30-20(18)24-17)13-6-8-14(22)9-7-13/h2-10H,11H2,1H3,(H,23,24,29). The summed E-state index contributed by atoms with van der Waals surface area (Å²) in [7, 11) is 0. The minimum atomic E-state index is -0.317. The van der Waals surface area contributed by atoms with Crippen LogP contribution in [-0.4, -0.2) is 30.2 Å². The molecular formula is C21H15FN6OS2. The first kappa shape index (κ1) is 19.6. The number of thiophene rings is 1. The fourth-order valence-electron chi connectivity index (χ4n) is 3.26. The van der Waals surface area contributed by atoms with Crippen molar-refractivity contribution in [3.63, 3.8) is 0 Å². The molecule has 5 rings (SSSR count). The molecule has 3 aromatic heterocycles. The van der Waals surface area contributed by atoms with E-state index in [4.69, 9.17) is 0 Å². The first-order valence-corrected chi connectivity index (χ1v) is 11.2. The fourth-order valence-corrected chi connectivity index (χ4v) is 4.98. The average molecular weight is 451 g/mol. The summed E-state index contributed by atoms with van der Waals surface area (Å²) in [5, 5.41) is 15.0. The maximum absolute atomic E-state index is 13.2. The van der Waals surface area contributed by atoms with E-state index in [0.29, 0.717) is 27.0 Å². The van der Waals surface area contributed by atoms with Gasteiger partial charge in [0.05, 0.1) is 16.8 Å². The Morgan fingerprint density at radius 3 is 2.77 bits per heavy atom. The number of rotatable bonds is 5. The topological polar surface area (TPSA) is 89.3 Å². The molecule has 0 saturated carbocycles. The van der Waals surface area contributed by atoms with E-state index in [9.17, 15) is 9.18 Å². The number of tetrazole rings is 1. The second-order valence-electron chi connectivity index (χ2n) is 6.80. The molecule has 0 aliphatic rings. The summed E-state index contributed by atoms with van der Waals surface area (Å²) in [5.41, 5.74) is 3.25. The number of nitrogens with zero attached hydrogens (tertiary/aromatic N) is 5. The zero-order valence-corrected chi connectivity index (χ0v) is 17.9. The molecule has 0 spiro atoms. The lowest BCUT2D eigenvalue weighted by Gasteiger charge is -2.07. The molecule has 0 saturated heterocycles. The van der Waals surface area contributed by atoms with Gasteiger partial charge in [0.15, 0.2) is 0 Å². The molecule has 31 heavy (non-hydrogen) atoms. The van der Waals surface area contributed by atoms with E-state index in [2.05, 4.69) is 25.5 Å². The van der Waals surface area contributed by atoms with E-state index in [-0.39, 0.29) is 11.4 Å². The van der Waals surface area contributed by atoms with Crippen molar-refractivity contribution < 1.29 is 4.39 Å². The highest BCUT2D eigenvalue weighted by Crippen LogP contribution is 2.31. The van der Waals surface area contributed by atoms with Gasteiger partial charge in [-0.1, -0.05) is 42.1 Å². The van der Waals surface area contributed by atoms with Crippen LogP contribution in [0.3, 0.4) is 0 Å². The number of para-hydroxylation sites is 1. The van der Waals surface area contributed by atoms with E-state index in [1.807, 2.05) is 36.6 Å². The predicted molar refractivity (Wildman–Crippen MR) is 119 cm³/mol. The Morgan fingerprint density at radius 2 is 1.97 bits per heavy atom. The lowest BCUT2D eigenvalue weighted by Crippen LogP contribution is -2.11. The van der Waals surface area contributed by atoms with Gasteiger partial charge < -0.3 is 4.98 Å². The van der Waals surface area contributed by atoms with Crippen LogP contribution in [0.1, 0.15) is 11.4 Å². The number of nitrogens with one attached hydrogen (secondary N) is 1. The summed E-state index contributed by atoms with van der Waals surface area (Å²) in [4.78, 5) is 20.9. The molecule has 0 bridgehead atoms. The number of hydrogen-bond acceptors (Lipinski definition) is 7. The number of benzene rings is 2. The van der Waals surface area contributed by atoms with Crippen LogP contribution in [0, 0.1) is 12.7 Å². The van der Waals surface area contributed by atoms with Crippen molar-refractivity contribution in [1.29, 1.82) is 0 Å². The summed E-state index contributed by atoms with van der Waals surface area (Å²) in [5.74, 6) is 0.623. The molecule has 0 fully saturated rings. The highest BCUT2D eigenvalue weighted by atomic mass is 32.2. The maximum atomic E-state index is 13.2. The summed E-state index contributed by atoms with van der Waals surface area (Å²) >= 11 is 2.78. The number of aromatic nitrogens is 6. The van der Waals surface area contributed by atoms with E-state index in [1.165, 1.54) is 35.2 Å². The lowest BCUT2D eigenvalue weighted by atomic mass is 10.1. The van der Waals surface area contributed by atoms with Gasteiger partial charge in [-0.15, -0.1) is 16.4 Å². The molecule has 0 aliphatic carbocycles. The summed E-state index contributed by atoms with van der Waals surface area (Å²) < 4.78 is 14.9. The van der Waals surface area contributed by atoms with Gasteiger partial charge in [-0.25, -0.2) is 9.37 Å². The SMILES string of the molecule is Cc1ccccc1-n1nnnc1SCc1nc2scc(-c3ccc(F)cc3)c2c(=O)[nH]1. The van der Waals surface area contributed by atoms with Crippen molar-refractivity contribution in [3.8, 4) is 16.8 Å². The quantitative estimate of drug-likeness (QED) is 0.400. The molecule has 3 heterocycles. The molecule has 7 nitrogen and oxygen atoms in total. The molecule has 5 aromatic rings. The van der Waals surface area contributed by atoms with Crippen molar-refractivity contribution in [2.75, 3.05) is 0 Å². The van der Waals surface area contributed by atoms with Crippen molar-refractivity contribution in [2.45, 2.75) is 17.8 Å². The lowest BCUT2D eigenvalue weighted by molar-refractivity contribution is 0.628. The second-order valence-corrected chi connectivity index (χ2v) is 8.60.